The molecule has 70 heavy (non-hydrogen) atoms. The lowest BCUT2D eigenvalue weighted by atomic mass is 9.84. The van der Waals surface area contributed by atoms with Crippen LogP contribution in [-0.4, -0.2) is 180 Å². The number of unbranched alkanes of at least 4 members (excludes halogenated alkanes) is 1. The maximum atomic E-state index is 13.4. The van der Waals surface area contributed by atoms with Gasteiger partial charge in [-0.1, -0.05) is 43.5 Å². The van der Waals surface area contributed by atoms with Crippen molar-refractivity contribution >= 4 is 40.3 Å². The summed E-state index contributed by atoms with van der Waals surface area (Å²) in [7, 11) is 2.07. The first-order valence-electron chi connectivity index (χ1n) is 23.4. The number of carbonyl (C=O) groups is 1. The molecule has 5 aliphatic rings. The molecule has 0 spiro atoms. The number of aromatic nitrogens is 1. The summed E-state index contributed by atoms with van der Waals surface area (Å²) in [6.07, 6.45) is -14.7. The fraction of sp³-hybridized carbons (Fsp3) is 0.617. The molecule has 3 saturated heterocycles. The van der Waals surface area contributed by atoms with Crippen LogP contribution in [-0.2, 0) is 39.8 Å². The smallest absolute Gasteiger partial charge is 0.220 e. The minimum Gasteiger partial charge on any atom is -0.389 e. The van der Waals surface area contributed by atoms with Crippen LogP contribution in [0.5, 0.6) is 0 Å². The van der Waals surface area contributed by atoms with Crippen LogP contribution < -0.4 is 49.2 Å². The zero-order chi connectivity index (χ0) is 49.3. The molecule has 1 saturated carbocycles. The lowest BCUT2D eigenvalue weighted by Crippen LogP contribution is -2.68. The molecule has 19 atom stereocenters. The van der Waals surface area contributed by atoms with Gasteiger partial charge in [0.1, 0.15) is 73.7 Å². The van der Waals surface area contributed by atoms with Gasteiger partial charge < -0.3 is 104 Å². The summed E-state index contributed by atoms with van der Waals surface area (Å²) >= 11 is 1.74. The molecule has 8 rings (SSSR count). The number of hydrogen-bond donors (Lipinski definition) is 13. The first kappa shape index (κ1) is 54.3. The number of aryl methyl sites for hydroxylation is 1. The summed E-state index contributed by atoms with van der Waals surface area (Å²) in [4.78, 5) is 16.8. The summed E-state index contributed by atoms with van der Waals surface area (Å²) in [6.45, 7) is 0.0949. The number of ether oxygens (including phenoxy) is 6. The Labute approximate surface area is 411 Å². The topological polar surface area (TPSA) is 369 Å². The second-order valence-electron chi connectivity index (χ2n) is 18.4. The van der Waals surface area contributed by atoms with E-state index in [1.165, 1.54) is 10.6 Å². The Bertz CT molecular complexity index is 2250. The average Bonchev–Trinajstić information content (AvgIpc) is 3.82. The number of pyridine rings is 1. The number of aliphatic hydroxyl groups is 6. The standard InChI is InChI=1S/C46H67N9O13S.CH4/c1-54-26-10-4-5-11-30(26)69-32(54)16-21-13-15-55(25-9-3-2-8-22(21)25)14-7-6-12-31(56)53-20-29-42(67-45-34(52)39(61)37(59)28(19-48)64-45)40(62)46(65-29)68-43-35(57)23(49)17-24(50)41(43)66-44-33(51)38(60)36(58)27(18-47)63-44;/h2-5,8-11,13,15-16,23-24,27-29,33-46,57-62H,6-7,12,14,17-20,47-52H2,1H3;1H4/p+1/t23-,24?,27?,28+,29-,33?,34?,35?,36-,37-,38-,39?,40+,41-,42+,43-,44-,45-,46?;/m1./s1. The highest BCUT2D eigenvalue weighted by Gasteiger charge is 2.54. The second kappa shape index (κ2) is 23.6. The molecule has 19 N–H and O–H groups in total. The Morgan fingerprint density at radius 2 is 1.34 bits per heavy atom. The lowest BCUT2D eigenvalue weighted by molar-refractivity contribution is -0.671. The summed E-state index contributed by atoms with van der Waals surface area (Å²) in [5.74, 6) is -0.306. The van der Waals surface area contributed by atoms with Gasteiger partial charge in [0.05, 0.1) is 34.3 Å². The van der Waals surface area contributed by atoms with Crippen LogP contribution in [0.4, 0.5) is 5.69 Å². The number of carbonyl (C=O) groups excluding carboxylic acids is 1. The maximum absolute atomic E-state index is 13.4. The van der Waals surface area contributed by atoms with Gasteiger partial charge in [-0.25, -0.2) is 0 Å². The number of benzene rings is 2. The maximum Gasteiger partial charge on any atom is 0.220 e. The van der Waals surface area contributed by atoms with Crippen molar-refractivity contribution in [3.05, 3.63) is 71.4 Å². The Morgan fingerprint density at radius 3 is 2.00 bits per heavy atom. The van der Waals surface area contributed by atoms with Crippen molar-refractivity contribution in [1.29, 1.82) is 0 Å². The lowest BCUT2D eigenvalue weighted by Gasteiger charge is -2.47. The summed E-state index contributed by atoms with van der Waals surface area (Å²) in [5.41, 5.74) is 40.1. The molecule has 0 radical (unpaired) electrons. The summed E-state index contributed by atoms with van der Waals surface area (Å²) < 4.78 is 38.6. The molecule has 4 aliphatic heterocycles. The predicted octanol–water partition coefficient (Wildman–Crippen LogP) is -3.28. The molecule has 388 valence electrons. The number of fused-ring (bicyclic) bond motifs is 2. The van der Waals surface area contributed by atoms with E-state index in [1.807, 2.05) is 24.3 Å². The zero-order valence-corrected chi connectivity index (χ0v) is 39.1. The van der Waals surface area contributed by atoms with Gasteiger partial charge in [0.15, 0.2) is 25.1 Å². The molecule has 2 aromatic carbocycles. The molecular weight excluding hydrogens is 931 g/mol. The zero-order valence-electron chi connectivity index (χ0n) is 38.3. The van der Waals surface area contributed by atoms with Crippen LogP contribution in [0.25, 0.3) is 17.0 Å². The molecule has 1 amide bonds. The van der Waals surface area contributed by atoms with Crippen molar-refractivity contribution < 1.29 is 68.4 Å². The van der Waals surface area contributed by atoms with E-state index in [9.17, 15) is 35.4 Å². The van der Waals surface area contributed by atoms with Crippen LogP contribution in [0.1, 0.15) is 38.7 Å². The van der Waals surface area contributed by atoms with Gasteiger partial charge in [-0.15, -0.1) is 0 Å². The number of nitrogens with zero attached hydrogens (tertiary/aromatic N) is 2. The van der Waals surface area contributed by atoms with Crippen LogP contribution in [0.15, 0.2) is 70.7 Å². The van der Waals surface area contributed by atoms with E-state index in [2.05, 4.69) is 64.4 Å². The van der Waals surface area contributed by atoms with Crippen LogP contribution in [0, 0.1) is 0 Å². The van der Waals surface area contributed by atoms with Crippen molar-refractivity contribution in [2.75, 3.05) is 31.6 Å². The highest BCUT2D eigenvalue weighted by Crippen LogP contribution is 2.45. The minimum absolute atomic E-state index is 0. The number of nitrogens with two attached hydrogens (primary N) is 6. The van der Waals surface area contributed by atoms with Crippen molar-refractivity contribution in [1.82, 2.24) is 5.32 Å². The van der Waals surface area contributed by atoms with Crippen molar-refractivity contribution in [2.45, 2.75) is 161 Å². The number of para-hydroxylation sites is 2. The third kappa shape index (κ3) is 11.3. The third-order valence-electron chi connectivity index (χ3n) is 13.8. The van der Waals surface area contributed by atoms with Gasteiger partial charge in [-0.2, -0.15) is 4.57 Å². The Morgan fingerprint density at radius 1 is 0.743 bits per heavy atom. The number of rotatable bonds is 16. The first-order chi connectivity index (χ1) is 33.1. The molecule has 4 fully saturated rings. The number of hydrogen-bond acceptors (Lipinski definition) is 21. The minimum atomic E-state index is -1.65. The van der Waals surface area contributed by atoms with E-state index in [-0.39, 0.29) is 45.8 Å². The molecule has 5 heterocycles. The highest BCUT2D eigenvalue weighted by atomic mass is 32.2. The molecule has 7 unspecified atom stereocenters. The van der Waals surface area contributed by atoms with Gasteiger partial charge in [0.25, 0.3) is 0 Å². The molecule has 1 aromatic heterocycles. The highest BCUT2D eigenvalue weighted by molar-refractivity contribution is 8.03. The third-order valence-corrected chi connectivity index (χ3v) is 14.9. The van der Waals surface area contributed by atoms with E-state index in [0.717, 1.165) is 21.5 Å². The van der Waals surface area contributed by atoms with Gasteiger partial charge >= 0.3 is 0 Å². The van der Waals surface area contributed by atoms with Gasteiger partial charge in [0, 0.05) is 68.6 Å². The Kier molecular flexibility index (Phi) is 18.3. The SMILES string of the molecule is C.CN1/C(=C/c2cc[n+](CCCCC(=O)NC[C@H]3OC(O[C@@H]4C(O)[C@H](N)CC(N)[C@H]4O[C@H]4OC(CN)[C@@H](O)[C@H](O)C4N)[C@@H](O)[C@H]3O[C@H]3O[C@@H](CN)[C@@H](O)C(O)C3N)c3ccccc23)Sc2ccccc21. The quantitative estimate of drug-likeness (QED) is 0.0494. The normalized spacial score (nSPS) is 38.2. The molecule has 0 bridgehead atoms. The number of aliphatic hydroxyl groups excluding tert-OH is 6. The Balaban J connectivity index is 0.00000722. The van der Waals surface area contributed by atoms with Gasteiger partial charge in [-0.05, 0) is 42.7 Å². The van der Waals surface area contributed by atoms with E-state index in [4.69, 9.17) is 62.8 Å². The van der Waals surface area contributed by atoms with E-state index in [0.29, 0.717) is 19.4 Å². The van der Waals surface area contributed by atoms with E-state index in [1.54, 1.807) is 11.8 Å². The summed E-state index contributed by atoms with van der Waals surface area (Å²) in [5, 5.41) is 70.6. The molecule has 1 aliphatic carbocycles. The van der Waals surface area contributed by atoms with Crippen LogP contribution in [0.3, 0.4) is 0 Å². The molecule has 3 aromatic rings. The number of nitrogens with one attached hydrogen (secondary N) is 1. The summed E-state index contributed by atoms with van der Waals surface area (Å²) in [6, 6.07) is 14.3. The van der Waals surface area contributed by atoms with Crippen molar-refractivity contribution in [3.8, 4) is 0 Å². The first-order valence-corrected chi connectivity index (χ1v) is 24.3. The van der Waals surface area contributed by atoms with E-state index < -0.39 is 116 Å². The fourth-order valence-electron chi connectivity index (χ4n) is 9.64. The van der Waals surface area contributed by atoms with Crippen molar-refractivity contribution in [3.63, 3.8) is 0 Å². The predicted molar refractivity (Wildman–Crippen MR) is 258 cm³/mol. The van der Waals surface area contributed by atoms with E-state index >= 15 is 0 Å². The largest absolute Gasteiger partial charge is 0.389 e. The van der Waals surface area contributed by atoms with Gasteiger partial charge in [0.2, 0.25) is 11.4 Å². The Hall–Kier alpha value is -3.51. The molecule has 22 nitrogen and oxygen atoms in total. The van der Waals surface area contributed by atoms with Gasteiger partial charge in [-0.3, -0.25) is 4.79 Å². The number of thioether (sulfide) groups is 1. The number of amides is 1. The number of anilines is 1. The van der Waals surface area contributed by atoms with Crippen molar-refractivity contribution in [2.24, 2.45) is 34.4 Å². The monoisotopic (exact) mass is 1000 g/mol. The fourth-order valence-corrected chi connectivity index (χ4v) is 10.7. The second-order valence-corrected chi connectivity index (χ2v) is 19.5. The van der Waals surface area contributed by atoms with Crippen LogP contribution >= 0.6 is 11.8 Å². The average molecular weight is 1000 g/mol. The van der Waals surface area contributed by atoms with Crippen LogP contribution in [0.2, 0.25) is 0 Å². The molecular formula is C47H72N9O13S+. The molecule has 23 heteroatoms.